The van der Waals surface area contributed by atoms with Crippen LogP contribution in [0.2, 0.25) is 0 Å². The normalized spacial score (nSPS) is 15.2. The van der Waals surface area contributed by atoms with Gasteiger partial charge in [-0.05, 0) is 74.5 Å². The minimum atomic E-state index is -2.82. The molecule has 1 aliphatic rings. The van der Waals surface area contributed by atoms with Gasteiger partial charge in [0, 0.05) is 11.0 Å². The molecule has 3 aromatic rings. The minimum Gasteiger partial charge on any atom is -0.435 e. The van der Waals surface area contributed by atoms with Gasteiger partial charge < -0.3 is 9.64 Å². The fourth-order valence-corrected chi connectivity index (χ4v) is 4.90. The van der Waals surface area contributed by atoms with Crippen LogP contribution in [0.1, 0.15) is 29.8 Å². The average molecular weight is 535 g/mol. The molecule has 182 valence electrons. The van der Waals surface area contributed by atoms with E-state index in [0.29, 0.717) is 19.0 Å². The first-order chi connectivity index (χ1) is 16.4. The Morgan fingerprint density at radius 3 is 2.56 bits per heavy atom. The number of hydrogen-bond acceptors (Lipinski definition) is 4. The molecule has 0 amide bonds. The molecule has 2 aromatic carbocycles. The van der Waals surface area contributed by atoms with E-state index >= 15 is 0 Å². The first kappa shape index (κ1) is 24.6. The molecule has 4 rings (SSSR count). The highest BCUT2D eigenvalue weighted by molar-refractivity contribution is 9.10. The van der Waals surface area contributed by atoms with Crippen LogP contribution in [0.4, 0.5) is 8.78 Å². The summed E-state index contributed by atoms with van der Waals surface area (Å²) in [5.41, 5.74) is 1.99. The number of piperidine rings is 1. The predicted molar refractivity (Wildman–Crippen MR) is 130 cm³/mol. The molecule has 0 saturated carbocycles. The van der Waals surface area contributed by atoms with Crippen molar-refractivity contribution < 1.29 is 13.5 Å². The average Bonchev–Trinajstić information content (AvgIpc) is 3.08. The van der Waals surface area contributed by atoms with Crippen molar-refractivity contribution in [3.05, 3.63) is 80.4 Å². The maximum absolute atomic E-state index is 12.8. The second-order valence-electron chi connectivity index (χ2n) is 8.75. The van der Waals surface area contributed by atoms with Crippen LogP contribution in [0.15, 0.2) is 57.8 Å². The molecule has 0 N–H and O–H groups in total. The zero-order chi connectivity index (χ0) is 24.1. The lowest BCUT2D eigenvalue weighted by Gasteiger charge is -2.32. The van der Waals surface area contributed by atoms with Crippen molar-refractivity contribution in [3.63, 3.8) is 0 Å². The lowest BCUT2D eigenvalue weighted by atomic mass is 9.90. The van der Waals surface area contributed by atoms with Gasteiger partial charge in [-0.2, -0.15) is 13.9 Å². The molecule has 1 saturated heterocycles. The third-order valence-electron chi connectivity index (χ3n) is 6.38. The molecule has 6 nitrogen and oxygen atoms in total. The van der Waals surface area contributed by atoms with Crippen molar-refractivity contribution >= 4 is 15.9 Å². The Bertz CT molecular complexity index is 1140. The summed E-state index contributed by atoms with van der Waals surface area (Å²) in [5.74, 6) is 1.39. The van der Waals surface area contributed by atoms with Crippen LogP contribution in [-0.2, 0) is 19.5 Å². The minimum absolute atomic E-state index is 0.0769. The molecule has 1 aromatic heterocycles. The van der Waals surface area contributed by atoms with Gasteiger partial charge in [-0.15, -0.1) is 0 Å². The summed E-state index contributed by atoms with van der Waals surface area (Å²) in [4.78, 5) is 15.2. The van der Waals surface area contributed by atoms with Crippen molar-refractivity contribution in [2.24, 2.45) is 5.92 Å². The number of halogens is 3. The van der Waals surface area contributed by atoms with Gasteiger partial charge in [0.25, 0.3) is 0 Å². The van der Waals surface area contributed by atoms with E-state index in [4.69, 9.17) is 0 Å². The van der Waals surface area contributed by atoms with Gasteiger partial charge in [0.1, 0.15) is 11.6 Å². The molecular formula is C25H29BrF2N4O2. The zero-order valence-electron chi connectivity index (χ0n) is 19.2. The van der Waals surface area contributed by atoms with Crippen molar-refractivity contribution in [1.29, 1.82) is 0 Å². The third-order valence-corrected chi connectivity index (χ3v) is 7.15. The van der Waals surface area contributed by atoms with Crippen LogP contribution in [0.5, 0.6) is 5.75 Å². The summed E-state index contributed by atoms with van der Waals surface area (Å²) < 4.78 is 33.8. The summed E-state index contributed by atoms with van der Waals surface area (Å²) in [5, 5.41) is 4.47. The molecule has 0 bridgehead atoms. The highest BCUT2D eigenvalue weighted by Gasteiger charge is 2.21. The number of likely N-dealkylation sites (tertiary alicyclic amines) is 1. The lowest BCUT2D eigenvalue weighted by molar-refractivity contribution is -0.0499. The van der Waals surface area contributed by atoms with E-state index < -0.39 is 6.61 Å². The predicted octanol–water partition coefficient (Wildman–Crippen LogP) is 4.72. The number of rotatable bonds is 9. The van der Waals surface area contributed by atoms with Crippen LogP contribution in [-0.4, -0.2) is 45.5 Å². The standard InChI is InChI=1S/C25H29BrF2N4O2/c1-18-29-32(25(33)31(18)17-20-5-3-2-4-6-20)14-13-30-11-9-19(10-12-30)15-21-16-22(34-24(27)28)7-8-23(21)26/h2-8,16,19,24H,9-15,17H2,1H3. The summed E-state index contributed by atoms with van der Waals surface area (Å²) in [6.07, 6.45) is 2.85. The molecular weight excluding hydrogens is 506 g/mol. The van der Waals surface area contributed by atoms with Crippen LogP contribution >= 0.6 is 15.9 Å². The third kappa shape index (κ3) is 6.33. The molecule has 0 spiro atoms. The highest BCUT2D eigenvalue weighted by Crippen LogP contribution is 2.29. The molecule has 0 atom stereocenters. The van der Waals surface area contributed by atoms with Crippen LogP contribution in [0.25, 0.3) is 0 Å². The van der Waals surface area contributed by atoms with E-state index in [-0.39, 0.29) is 11.4 Å². The molecule has 1 fully saturated rings. The SMILES string of the molecule is Cc1nn(CCN2CCC(Cc3cc(OC(F)F)ccc3Br)CC2)c(=O)n1Cc1ccccc1. The van der Waals surface area contributed by atoms with Crippen LogP contribution in [0, 0.1) is 12.8 Å². The fraction of sp³-hybridized carbons (Fsp3) is 0.440. The quantitative estimate of drug-likeness (QED) is 0.398. The van der Waals surface area contributed by atoms with E-state index in [9.17, 15) is 13.6 Å². The van der Waals surface area contributed by atoms with Crippen molar-refractivity contribution in [3.8, 4) is 5.75 Å². The lowest BCUT2D eigenvalue weighted by Crippen LogP contribution is -2.38. The van der Waals surface area contributed by atoms with Gasteiger partial charge in [-0.1, -0.05) is 46.3 Å². The second kappa shape index (κ2) is 11.3. The van der Waals surface area contributed by atoms with Crippen molar-refractivity contribution in [2.75, 3.05) is 19.6 Å². The van der Waals surface area contributed by atoms with E-state index in [1.807, 2.05) is 37.3 Å². The highest BCUT2D eigenvalue weighted by atomic mass is 79.9. The van der Waals surface area contributed by atoms with Gasteiger partial charge in [0.2, 0.25) is 0 Å². The first-order valence-electron chi connectivity index (χ1n) is 11.5. The largest absolute Gasteiger partial charge is 0.435 e. The van der Waals surface area contributed by atoms with Gasteiger partial charge in [0.05, 0.1) is 13.1 Å². The Labute approximate surface area is 206 Å². The summed E-state index contributed by atoms with van der Waals surface area (Å²) in [6.45, 7) is 2.78. The topological polar surface area (TPSA) is 52.3 Å². The fourth-order valence-electron chi connectivity index (χ4n) is 4.49. The Morgan fingerprint density at radius 1 is 1.12 bits per heavy atom. The second-order valence-corrected chi connectivity index (χ2v) is 9.60. The molecule has 0 unspecified atom stereocenters. The number of hydrogen-bond donors (Lipinski definition) is 0. The number of nitrogens with zero attached hydrogens (tertiary/aromatic N) is 4. The Hall–Kier alpha value is -2.52. The smallest absolute Gasteiger partial charge is 0.387 e. The van der Waals surface area contributed by atoms with Crippen LogP contribution < -0.4 is 10.4 Å². The number of aryl methyl sites for hydroxylation is 1. The molecule has 1 aliphatic heterocycles. The molecule has 9 heteroatoms. The molecule has 0 radical (unpaired) electrons. The molecule has 34 heavy (non-hydrogen) atoms. The number of benzene rings is 2. The van der Waals surface area contributed by atoms with E-state index in [2.05, 4.69) is 30.7 Å². The van der Waals surface area contributed by atoms with E-state index in [0.717, 1.165) is 60.3 Å². The van der Waals surface area contributed by atoms with Gasteiger partial charge in [0.15, 0.2) is 0 Å². The monoisotopic (exact) mass is 534 g/mol. The van der Waals surface area contributed by atoms with Crippen molar-refractivity contribution in [1.82, 2.24) is 19.2 Å². The summed E-state index contributed by atoms with van der Waals surface area (Å²) in [6, 6.07) is 14.9. The number of aromatic nitrogens is 3. The van der Waals surface area contributed by atoms with E-state index in [1.54, 1.807) is 27.4 Å². The van der Waals surface area contributed by atoms with E-state index in [1.165, 1.54) is 0 Å². The van der Waals surface area contributed by atoms with Crippen molar-refractivity contribution in [2.45, 2.75) is 45.9 Å². The number of alkyl halides is 2. The number of ether oxygens (including phenoxy) is 1. The maximum atomic E-state index is 12.8. The Balaban J connectivity index is 1.28. The Kier molecular flexibility index (Phi) is 8.15. The molecule has 0 aliphatic carbocycles. The maximum Gasteiger partial charge on any atom is 0.387 e. The Morgan fingerprint density at radius 2 is 1.85 bits per heavy atom. The zero-order valence-corrected chi connectivity index (χ0v) is 20.8. The summed E-state index contributed by atoms with van der Waals surface area (Å²) >= 11 is 3.53. The van der Waals surface area contributed by atoms with Crippen LogP contribution in [0.3, 0.4) is 0 Å². The van der Waals surface area contributed by atoms with Gasteiger partial charge in [-0.25, -0.2) is 9.48 Å². The first-order valence-corrected chi connectivity index (χ1v) is 12.3. The van der Waals surface area contributed by atoms with Gasteiger partial charge >= 0.3 is 12.3 Å². The molecule has 2 heterocycles. The van der Waals surface area contributed by atoms with Gasteiger partial charge in [-0.3, -0.25) is 4.57 Å². The summed E-state index contributed by atoms with van der Waals surface area (Å²) in [7, 11) is 0.